The molecule has 2 nitrogen and oxygen atoms in total. The van der Waals surface area contributed by atoms with Gasteiger partial charge in [-0.15, -0.1) is 11.3 Å². The summed E-state index contributed by atoms with van der Waals surface area (Å²) in [5, 5.41) is 4.45. The fraction of sp³-hybridized carbons (Fsp3) is 0.176. The van der Waals surface area contributed by atoms with Gasteiger partial charge in [-0.2, -0.15) is 0 Å². The molecule has 0 radical (unpaired) electrons. The predicted octanol–water partition coefficient (Wildman–Crippen LogP) is 4.37. The third kappa shape index (κ3) is 2.69. The van der Waals surface area contributed by atoms with Crippen molar-refractivity contribution in [3.8, 4) is 5.75 Å². The Labute approximate surface area is 122 Å². The summed E-state index contributed by atoms with van der Waals surface area (Å²) in [6.45, 7) is 1.98. The predicted molar refractivity (Wildman–Crippen MR) is 85.3 cm³/mol. The van der Waals surface area contributed by atoms with Crippen molar-refractivity contribution in [2.75, 3.05) is 0 Å². The summed E-state index contributed by atoms with van der Waals surface area (Å²) in [4.78, 5) is 1.16. The molecule has 0 fully saturated rings. The fourth-order valence-electron chi connectivity index (χ4n) is 2.26. The third-order valence-electron chi connectivity index (χ3n) is 3.29. The van der Waals surface area contributed by atoms with Crippen molar-refractivity contribution in [3.63, 3.8) is 0 Å². The van der Waals surface area contributed by atoms with Gasteiger partial charge in [0.1, 0.15) is 11.9 Å². The Hall–Kier alpha value is -1.84. The summed E-state index contributed by atoms with van der Waals surface area (Å²) in [5.74, 6) is 0.861. The quantitative estimate of drug-likeness (QED) is 0.771. The third-order valence-corrected chi connectivity index (χ3v) is 4.22. The summed E-state index contributed by atoms with van der Waals surface area (Å²) in [6.07, 6.45) is -0.101. The van der Waals surface area contributed by atoms with Crippen LogP contribution >= 0.6 is 11.3 Å². The number of thiophene rings is 1. The molecule has 0 aliphatic carbocycles. The molecule has 0 saturated carbocycles. The Balaban J connectivity index is 1.90. The van der Waals surface area contributed by atoms with E-state index in [1.807, 2.05) is 31.2 Å². The summed E-state index contributed by atoms with van der Waals surface area (Å²) >= 11 is 1.68. The van der Waals surface area contributed by atoms with Gasteiger partial charge in [0, 0.05) is 10.9 Å². The maximum atomic E-state index is 6.11. The monoisotopic (exact) mass is 283 g/mol. The maximum Gasteiger partial charge on any atom is 0.148 e. The van der Waals surface area contributed by atoms with E-state index in [9.17, 15) is 0 Å². The summed E-state index contributed by atoms with van der Waals surface area (Å²) in [7, 11) is 0. The van der Waals surface area contributed by atoms with Gasteiger partial charge in [0.15, 0.2) is 0 Å². The van der Waals surface area contributed by atoms with Crippen molar-refractivity contribution in [2.24, 2.45) is 5.73 Å². The molecule has 3 heteroatoms. The molecule has 20 heavy (non-hydrogen) atoms. The number of benzene rings is 2. The Bertz CT molecular complexity index is 691. The largest absolute Gasteiger partial charge is 0.483 e. The van der Waals surface area contributed by atoms with Gasteiger partial charge in [0.25, 0.3) is 0 Å². The lowest BCUT2D eigenvalue weighted by Crippen LogP contribution is -2.28. The molecule has 2 atom stereocenters. The van der Waals surface area contributed by atoms with Crippen LogP contribution in [0.4, 0.5) is 0 Å². The van der Waals surface area contributed by atoms with E-state index in [-0.39, 0.29) is 12.1 Å². The lowest BCUT2D eigenvalue weighted by molar-refractivity contribution is 0.184. The second-order valence-corrected chi connectivity index (χ2v) is 5.90. The molecule has 2 unspecified atom stereocenters. The molecule has 1 aromatic heterocycles. The van der Waals surface area contributed by atoms with Crippen molar-refractivity contribution in [3.05, 3.63) is 64.9 Å². The van der Waals surface area contributed by atoms with Crippen molar-refractivity contribution in [1.82, 2.24) is 0 Å². The van der Waals surface area contributed by atoms with Crippen molar-refractivity contribution < 1.29 is 4.74 Å². The van der Waals surface area contributed by atoms with Gasteiger partial charge in [-0.3, -0.25) is 0 Å². The molecule has 0 aliphatic rings. The van der Waals surface area contributed by atoms with Crippen LogP contribution in [0.5, 0.6) is 5.75 Å². The zero-order chi connectivity index (χ0) is 13.9. The molecule has 0 bridgehead atoms. The highest BCUT2D eigenvalue weighted by atomic mass is 32.1. The zero-order valence-corrected chi connectivity index (χ0v) is 12.1. The Kier molecular flexibility index (Phi) is 3.72. The smallest absolute Gasteiger partial charge is 0.148 e. The average molecular weight is 283 g/mol. The Morgan fingerprint density at radius 1 is 1.00 bits per heavy atom. The molecule has 3 aromatic rings. The number of hydrogen-bond donors (Lipinski definition) is 1. The first-order chi connectivity index (χ1) is 9.74. The summed E-state index contributed by atoms with van der Waals surface area (Å²) in [6, 6.07) is 18.5. The van der Waals surface area contributed by atoms with E-state index in [0.29, 0.717) is 0 Å². The van der Waals surface area contributed by atoms with E-state index >= 15 is 0 Å². The molecule has 2 N–H and O–H groups in total. The molecule has 102 valence electrons. The molecule has 1 heterocycles. The van der Waals surface area contributed by atoms with Crippen LogP contribution < -0.4 is 10.5 Å². The van der Waals surface area contributed by atoms with Crippen LogP contribution in [0.2, 0.25) is 0 Å². The molecular weight excluding hydrogens is 266 g/mol. The first kappa shape index (κ1) is 13.2. The van der Waals surface area contributed by atoms with E-state index in [1.54, 1.807) is 11.3 Å². The molecule has 0 aliphatic heterocycles. The van der Waals surface area contributed by atoms with Crippen molar-refractivity contribution in [1.29, 1.82) is 0 Å². The van der Waals surface area contributed by atoms with E-state index in [1.165, 1.54) is 10.8 Å². The van der Waals surface area contributed by atoms with Crippen LogP contribution in [-0.2, 0) is 0 Å². The van der Waals surface area contributed by atoms with Crippen LogP contribution in [0.25, 0.3) is 10.8 Å². The fourth-order valence-corrected chi connectivity index (χ4v) is 3.13. The van der Waals surface area contributed by atoms with Crippen LogP contribution in [0.3, 0.4) is 0 Å². The van der Waals surface area contributed by atoms with Gasteiger partial charge in [-0.1, -0.05) is 36.4 Å². The SMILES string of the molecule is CC(N)C(Oc1ccc2ccccc2c1)c1cccs1. The van der Waals surface area contributed by atoms with Crippen molar-refractivity contribution >= 4 is 22.1 Å². The minimum absolute atomic E-state index is 0.0554. The molecule has 0 saturated heterocycles. The summed E-state index contributed by atoms with van der Waals surface area (Å²) < 4.78 is 6.11. The highest BCUT2D eigenvalue weighted by Gasteiger charge is 2.19. The van der Waals surface area contributed by atoms with Crippen LogP contribution in [0.15, 0.2) is 60.0 Å². The summed E-state index contributed by atoms with van der Waals surface area (Å²) in [5.41, 5.74) is 6.07. The number of hydrogen-bond acceptors (Lipinski definition) is 3. The Morgan fingerprint density at radius 2 is 1.80 bits per heavy atom. The first-order valence-electron chi connectivity index (χ1n) is 6.68. The van der Waals surface area contributed by atoms with Gasteiger partial charge in [-0.05, 0) is 41.3 Å². The normalized spacial score (nSPS) is 14.1. The minimum Gasteiger partial charge on any atom is -0.483 e. The zero-order valence-electron chi connectivity index (χ0n) is 11.3. The van der Waals surface area contributed by atoms with Crippen molar-refractivity contribution in [2.45, 2.75) is 19.1 Å². The maximum absolute atomic E-state index is 6.11. The van der Waals surface area contributed by atoms with Gasteiger partial charge in [-0.25, -0.2) is 0 Å². The molecule has 0 spiro atoms. The standard InChI is InChI=1S/C17H17NOS/c1-12(18)17(16-7-4-10-20-16)19-15-9-8-13-5-2-3-6-14(13)11-15/h2-12,17H,18H2,1H3. The highest BCUT2D eigenvalue weighted by Crippen LogP contribution is 2.29. The Morgan fingerprint density at radius 3 is 2.50 bits per heavy atom. The van der Waals surface area contributed by atoms with Gasteiger partial charge in [0.2, 0.25) is 0 Å². The number of fused-ring (bicyclic) bond motifs is 1. The van der Waals surface area contributed by atoms with Crippen LogP contribution in [0, 0.1) is 0 Å². The lowest BCUT2D eigenvalue weighted by atomic mass is 10.1. The second kappa shape index (κ2) is 5.65. The molecule has 0 amide bonds. The second-order valence-electron chi connectivity index (χ2n) is 4.92. The topological polar surface area (TPSA) is 35.2 Å². The van der Waals surface area contributed by atoms with E-state index < -0.39 is 0 Å². The molecular formula is C17H17NOS. The highest BCUT2D eigenvalue weighted by molar-refractivity contribution is 7.10. The van der Waals surface area contributed by atoms with Crippen LogP contribution in [0.1, 0.15) is 17.9 Å². The van der Waals surface area contributed by atoms with Gasteiger partial charge in [0.05, 0.1) is 0 Å². The molecule has 2 aromatic carbocycles. The number of nitrogens with two attached hydrogens (primary N) is 1. The van der Waals surface area contributed by atoms with Crippen LogP contribution in [-0.4, -0.2) is 6.04 Å². The molecule has 3 rings (SSSR count). The number of rotatable bonds is 4. The first-order valence-corrected chi connectivity index (χ1v) is 7.56. The lowest BCUT2D eigenvalue weighted by Gasteiger charge is -2.21. The van der Waals surface area contributed by atoms with E-state index in [4.69, 9.17) is 10.5 Å². The minimum atomic E-state index is -0.101. The van der Waals surface area contributed by atoms with E-state index in [2.05, 4.69) is 35.7 Å². The average Bonchev–Trinajstić information content (AvgIpc) is 2.98. The number of ether oxygens (including phenoxy) is 1. The van der Waals surface area contributed by atoms with Gasteiger partial charge >= 0.3 is 0 Å². The van der Waals surface area contributed by atoms with Gasteiger partial charge < -0.3 is 10.5 Å². The van der Waals surface area contributed by atoms with E-state index in [0.717, 1.165) is 10.6 Å².